The zero-order valence-corrected chi connectivity index (χ0v) is 29.1. The second-order valence-corrected chi connectivity index (χ2v) is 16.6. The molecule has 3 aromatic rings. The molecule has 9 heteroatoms. The molecule has 2 amide bonds. The summed E-state index contributed by atoms with van der Waals surface area (Å²) in [4.78, 5) is 29.4. The second-order valence-electron chi connectivity index (χ2n) is 13.8. The van der Waals surface area contributed by atoms with E-state index in [1.165, 1.54) is 53.3 Å². The molecule has 1 N–H and O–H groups in total. The van der Waals surface area contributed by atoms with Gasteiger partial charge in [-0.1, -0.05) is 70.5 Å². The largest absolute Gasteiger partial charge is 0.355 e. The molecule has 4 fully saturated rings. The Balaban J connectivity index is 1.30. The van der Waals surface area contributed by atoms with Gasteiger partial charge >= 0.3 is 0 Å². The van der Waals surface area contributed by atoms with Crippen LogP contribution in [0.25, 0.3) is 0 Å². The van der Waals surface area contributed by atoms with Gasteiger partial charge in [-0.3, -0.25) is 13.9 Å². The van der Waals surface area contributed by atoms with Crippen LogP contribution < -0.4 is 9.62 Å². The van der Waals surface area contributed by atoms with Gasteiger partial charge in [-0.05, 0) is 110 Å². The summed E-state index contributed by atoms with van der Waals surface area (Å²) in [6.45, 7) is 1.99. The van der Waals surface area contributed by atoms with Crippen molar-refractivity contribution in [2.45, 2.75) is 69.9 Å². The molecule has 7 nitrogen and oxygen atoms in total. The van der Waals surface area contributed by atoms with E-state index in [1.807, 2.05) is 73.7 Å². The van der Waals surface area contributed by atoms with Gasteiger partial charge in [0.25, 0.3) is 0 Å². The second kappa shape index (κ2) is 13.5. The minimum atomic E-state index is -3.82. The monoisotopic (exact) mass is 705 g/mol. The zero-order valence-electron chi connectivity index (χ0n) is 26.7. The summed E-state index contributed by atoms with van der Waals surface area (Å²) in [5.41, 5.74) is 3.69. The van der Waals surface area contributed by atoms with Crippen LogP contribution in [0.1, 0.15) is 62.1 Å². The molecule has 3 aromatic carbocycles. The molecule has 4 bridgehead atoms. The van der Waals surface area contributed by atoms with Gasteiger partial charge in [0.1, 0.15) is 12.6 Å². The molecule has 0 heterocycles. The summed E-state index contributed by atoms with van der Waals surface area (Å²) in [6.07, 6.45) is 9.18. The number of amides is 2. The van der Waals surface area contributed by atoms with E-state index in [2.05, 4.69) is 33.4 Å². The van der Waals surface area contributed by atoms with Crippen LogP contribution in [-0.4, -0.2) is 50.5 Å². The van der Waals surface area contributed by atoms with Crippen molar-refractivity contribution < 1.29 is 18.0 Å². The molecular formula is C37H44BrN3O4S. The molecule has 244 valence electrons. The van der Waals surface area contributed by atoms with Crippen molar-refractivity contribution in [1.29, 1.82) is 0 Å². The molecular weight excluding hydrogens is 662 g/mol. The minimum absolute atomic E-state index is 0.148. The van der Waals surface area contributed by atoms with Crippen molar-refractivity contribution in [3.05, 3.63) is 100 Å². The van der Waals surface area contributed by atoms with Crippen LogP contribution in [0.3, 0.4) is 0 Å². The van der Waals surface area contributed by atoms with E-state index in [1.54, 1.807) is 0 Å². The topological polar surface area (TPSA) is 86.8 Å². The van der Waals surface area contributed by atoms with Gasteiger partial charge in [0.05, 0.1) is 11.9 Å². The summed E-state index contributed by atoms with van der Waals surface area (Å²) in [5, 5.41) is 2.90. The van der Waals surface area contributed by atoms with E-state index in [4.69, 9.17) is 0 Å². The Hall–Kier alpha value is -3.17. The molecule has 1 atom stereocenters. The Morgan fingerprint density at radius 3 is 2.07 bits per heavy atom. The number of rotatable bonds is 12. The third-order valence-corrected chi connectivity index (χ3v) is 12.0. The highest BCUT2D eigenvalue weighted by Crippen LogP contribution is 2.60. The van der Waals surface area contributed by atoms with Crippen LogP contribution in [0.15, 0.2) is 83.3 Å². The molecule has 0 saturated heterocycles. The van der Waals surface area contributed by atoms with Crippen LogP contribution in [-0.2, 0) is 38.0 Å². The molecule has 0 aliphatic heterocycles. The van der Waals surface area contributed by atoms with E-state index in [0.29, 0.717) is 18.7 Å². The van der Waals surface area contributed by atoms with Crippen molar-refractivity contribution in [3.63, 3.8) is 0 Å². The SMILES string of the molecule is CCNC(=O)[C@H](Cc1ccccc1)N(Cc1cccc(Br)c1)C(=O)CN(c1ccc(C23CC4CC(CC(C4)C2)C3)cc1)S(C)(=O)=O. The predicted molar refractivity (Wildman–Crippen MR) is 186 cm³/mol. The summed E-state index contributed by atoms with van der Waals surface area (Å²) in [6, 6.07) is 24.3. The van der Waals surface area contributed by atoms with Crippen molar-refractivity contribution >= 4 is 43.5 Å². The maximum absolute atomic E-state index is 14.3. The lowest BCUT2D eigenvalue weighted by atomic mass is 9.48. The third-order valence-electron chi connectivity index (χ3n) is 10.3. The molecule has 0 unspecified atom stereocenters. The highest BCUT2D eigenvalue weighted by atomic mass is 79.9. The van der Waals surface area contributed by atoms with Gasteiger partial charge in [-0.25, -0.2) is 8.42 Å². The Labute approximate surface area is 281 Å². The summed E-state index contributed by atoms with van der Waals surface area (Å²) >= 11 is 3.52. The Kier molecular flexibility index (Phi) is 9.62. The molecule has 0 spiro atoms. The van der Waals surface area contributed by atoms with Crippen molar-refractivity contribution in [3.8, 4) is 0 Å². The fourth-order valence-corrected chi connectivity index (χ4v) is 10.0. The lowest BCUT2D eigenvalue weighted by Gasteiger charge is -2.57. The van der Waals surface area contributed by atoms with Crippen molar-refractivity contribution in [1.82, 2.24) is 10.2 Å². The first kappa shape index (κ1) is 32.8. The first-order valence-corrected chi connectivity index (χ1v) is 19.1. The number of nitrogens with one attached hydrogen (secondary N) is 1. The van der Waals surface area contributed by atoms with Gasteiger partial charge < -0.3 is 10.2 Å². The molecule has 0 radical (unpaired) electrons. The quantitative estimate of drug-likeness (QED) is 0.235. The van der Waals surface area contributed by atoms with E-state index in [0.717, 1.165) is 39.6 Å². The van der Waals surface area contributed by atoms with Gasteiger partial charge in [-0.15, -0.1) is 0 Å². The number of benzene rings is 3. The molecule has 4 saturated carbocycles. The molecule has 46 heavy (non-hydrogen) atoms. The number of nitrogens with zero attached hydrogens (tertiary/aromatic N) is 2. The number of sulfonamides is 1. The molecule has 4 aliphatic rings. The Morgan fingerprint density at radius 1 is 0.891 bits per heavy atom. The van der Waals surface area contributed by atoms with Gasteiger partial charge in [0.15, 0.2) is 0 Å². The molecule has 7 rings (SSSR count). The van der Waals surface area contributed by atoms with Gasteiger partial charge in [-0.2, -0.15) is 0 Å². The van der Waals surface area contributed by atoms with E-state index < -0.39 is 28.5 Å². The van der Waals surface area contributed by atoms with E-state index in [-0.39, 0.29) is 17.9 Å². The standard InChI is InChI=1S/C37H44BrN3O4S/c1-3-39-36(43)34(20-26-8-5-4-6-9-26)40(24-27-10-7-11-32(38)19-27)35(42)25-41(46(2,44)45)33-14-12-31(13-15-33)37-21-28-16-29(22-37)18-30(17-28)23-37/h4-15,19,28-30,34H,3,16-18,20-25H2,1-2H3,(H,39,43)/t28?,29?,30?,34-,37?/m0/s1. The number of hydrogen-bond donors (Lipinski definition) is 1. The van der Waals surface area contributed by atoms with Crippen molar-refractivity contribution in [2.24, 2.45) is 17.8 Å². The summed E-state index contributed by atoms with van der Waals surface area (Å²) < 4.78 is 28.6. The average Bonchev–Trinajstić information content (AvgIpc) is 3.01. The smallest absolute Gasteiger partial charge is 0.244 e. The first-order valence-electron chi connectivity index (χ1n) is 16.5. The average molecular weight is 707 g/mol. The fourth-order valence-electron chi connectivity index (χ4n) is 8.74. The maximum Gasteiger partial charge on any atom is 0.244 e. The lowest BCUT2D eigenvalue weighted by molar-refractivity contribution is -0.140. The van der Waals surface area contributed by atoms with Crippen molar-refractivity contribution in [2.75, 3.05) is 23.7 Å². The number of likely N-dealkylation sites (N-methyl/N-ethyl adjacent to an activating group) is 1. The highest BCUT2D eigenvalue weighted by molar-refractivity contribution is 9.10. The van der Waals surface area contributed by atoms with Crippen LogP contribution in [0.5, 0.6) is 0 Å². The van der Waals surface area contributed by atoms with Crippen LogP contribution in [0, 0.1) is 17.8 Å². The number of anilines is 1. The number of halogens is 1. The molecule has 0 aromatic heterocycles. The van der Waals surface area contributed by atoms with Crippen LogP contribution in [0.4, 0.5) is 5.69 Å². The molecule has 4 aliphatic carbocycles. The van der Waals surface area contributed by atoms with E-state index in [9.17, 15) is 18.0 Å². The predicted octanol–water partition coefficient (Wildman–Crippen LogP) is 6.46. The lowest BCUT2D eigenvalue weighted by Crippen LogP contribution is -2.53. The number of hydrogen-bond acceptors (Lipinski definition) is 4. The normalized spacial score (nSPS) is 23.9. The first-order chi connectivity index (χ1) is 22.0. The Bertz CT molecular complexity index is 1630. The van der Waals surface area contributed by atoms with Crippen LogP contribution in [0.2, 0.25) is 0 Å². The Morgan fingerprint density at radius 2 is 1.50 bits per heavy atom. The van der Waals surface area contributed by atoms with Gasteiger partial charge in [0, 0.05) is 24.0 Å². The fraction of sp³-hybridized carbons (Fsp3) is 0.459. The highest BCUT2D eigenvalue weighted by Gasteiger charge is 2.51. The number of carbonyl (C=O) groups is 2. The van der Waals surface area contributed by atoms with Gasteiger partial charge in [0.2, 0.25) is 21.8 Å². The minimum Gasteiger partial charge on any atom is -0.355 e. The third kappa shape index (κ3) is 7.20. The summed E-state index contributed by atoms with van der Waals surface area (Å²) in [7, 11) is -3.82. The zero-order chi connectivity index (χ0) is 32.5. The maximum atomic E-state index is 14.3. The van der Waals surface area contributed by atoms with E-state index >= 15 is 0 Å². The number of carbonyl (C=O) groups excluding carboxylic acids is 2. The van der Waals surface area contributed by atoms with Crippen LogP contribution >= 0.6 is 15.9 Å². The summed E-state index contributed by atoms with van der Waals surface area (Å²) in [5.74, 6) is 1.70.